The highest BCUT2D eigenvalue weighted by Crippen LogP contribution is 2.39. The van der Waals surface area contributed by atoms with Gasteiger partial charge in [0.15, 0.2) is 17.3 Å². The van der Waals surface area contributed by atoms with Gasteiger partial charge in [0, 0.05) is 0 Å². The summed E-state index contributed by atoms with van der Waals surface area (Å²) >= 11 is 1.33. The fraction of sp³-hybridized carbons (Fsp3) is 0.333. The number of amides is 1. The Labute approximate surface area is 161 Å². The SMILES string of the molecule is CCCC1=NN2C(=N)/C(=C\c3cc(OC)c(OC)c(OC)c3)C(=O)N=C2S1. The molecule has 2 aliphatic rings. The smallest absolute Gasteiger partial charge is 0.283 e. The molecule has 8 nitrogen and oxygen atoms in total. The Morgan fingerprint density at radius 1 is 1.19 bits per heavy atom. The first-order valence-corrected chi connectivity index (χ1v) is 9.13. The molecule has 0 aliphatic carbocycles. The van der Waals surface area contributed by atoms with Crippen molar-refractivity contribution in [2.45, 2.75) is 19.8 Å². The third-order valence-corrected chi connectivity index (χ3v) is 4.93. The van der Waals surface area contributed by atoms with Crippen molar-refractivity contribution in [1.82, 2.24) is 5.01 Å². The number of benzene rings is 1. The van der Waals surface area contributed by atoms with Gasteiger partial charge >= 0.3 is 0 Å². The Hall–Kier alpha value is -2.81. The van der Waals surface area contributed by atoms with Crippen molar-refractivity contribution in [3.05, 3.63) is 23.3 Å². The first kappa shape index (κ1) is 19.0. The summed E-state index contributed by atoms with van der Waals surface area (Å²) in [6, 6.07) is 3.41. The van der Waals surface area contributed by atoms with Crippen LogP contribution in [0.1, 0.15) is 25.3 Å². The van der Waals surface area contributed by atoms with Crippen LogP contribution in [0.5, 0.6) is 17.2 Å². The van der Waals surface area contributed by atoms with E-state index in [9.17, 15) is 4.79 Å². The average molecular weight is 388 g/mol. The maximum Gasteiger partial charge on any atom is 0.283 e. The Kier molecular flexibility index (Phi) is 5.50. The van der Waals surface area contributed by atoms with Gasteiger partial charge in [0.05, 0.1) is 26.9 Å². The molecule has 142 valence electrons. The van der Waals surface area contributed by atoms with E-state index in [1.165, 1.54) is 38.1 Å². The molecule has 3 rings (SSSR count). The van der Waals surface area contributed by atoms with Gasteiger partial charge in [-0.3, -0.25) is 10.2 Å². The third-order valence-electron chi connectivity index (χ3n) is 3.96. The second kappa shape index (κ2) is 7.83. The molecule has 1 amide bonds. The van der Waals surface area contributed by atoms with E-state index in [1.807, 2.05) is 0 Å². The van der Waals surface area contributed by atoms with Gasteiger partial charge in [-0.15, -0.1) is 0 Å². The Morgan fingerprint density at radius 3 is 2.41 bits per heavy atom. The lowest BCUT2D eigenvalue weighted by atomic mass is 10.1. The molecule has 0 saturated heterocycles. The molecule has 27 heavy (non-hydrogen) atoms. The molecular weight excluding hydrogens is 368 g/mol. The van der Waals surface area contributed by atoms with Crippen LogP contribution in [0.2, 0.25) is 0 Å². The van der Waals surface area contributed by atoms with Crippen molar-refractivity contribution in [2.24, 2.45) is 10.1 Å². The van der Waals surface area contributed by atoms with E-state index < -0.39 is 5.91 Å². The molecular formula is C18H20N4O4S. The van der Waals surface area contributed by atoms with Crippen molar-refractivity contribution >= 4 is 39.8 Å². The number of methoxy groups -OCH3 is 3. The van der Waals surface area contributed by atoms with E-state index in [-0.39, 0.29) is 11.4 Å². The summed E-state index contributed by atoms with van der Waals surface area (Å²) in [6.07, 6.45) is 3.30. The van der Waals surface area contributed by atoms with Gasteiger partial charge in [0.2, 0.25) is 10.9 Å². The van der Waals surface area contributed by atoms with Crippen LogP contribution in [0.3, 0.4) is 0 Å². The first-order valence-electron chi connectivity index (χ1n) is 8.31. The molecule has 0 unspecified atom stereocenters. The molecule has 1 aromatic carbocycles. The molecule has 0 saturated carbocycles. The van der Waals surface area contributed by atoms with Gasteiger partial charge in [-0.1, -0.05) is 6.92 Å². The minimum atomic E-state index is -0.472. The molecule has 2 heterocycles. The third kappa shape index (κ3) is 3.55. The van der Waals surface area contributed by atoms with Gasteiger partial charge < -0.3 is 14.2 Å². The number of carbonyl (C=O) groups excluding carboxylic acids is 1. The fourth-order valence-electron chi connectivity index (χ4n) is 2.70. The average Bonchev–Trinajstić information content (AvgIpc) is 3.07. The van der Waals surface area contributed by atoms with E-state index in [1.54, 1.807) is 18.2 Å². The second-order valence-electron chi connectivity index (χ2n) is 5.72. The zero-order chi connectivity index (χ0) is 19.6. The van der Waals surface area contributed by atoms with Gasteiger partial charge in [-0.05, 0) is 48.4 Å². The van der Waals surface area contributed by atoms with Gasteiger partial charge in [-0.2, -0.15) is 15.1 Å². The van der Waals surface area contributed by atoms with Crippen LogP contribution in [-0.4, -0.2) is 48.3 Å². The van der Waals surface area contributed by atoms with Crippen molar-refractivity contribution in [3.8, 4) is 17.2 Å². The zero-order valence-corrected chi connectivity index (χ0v) is 16.3. The summed E-state index contributed by atoms with van der Waals surface area (Å²) in [4.78, 5) is 16.6. The fourth-order valence-corrected chi connectivity index (χ4v) is 3.68. The number of thioether (sulfide) groups is 1. The summed E-state index contributed by atoms with van der Waals surface area (Å²) < 4.78 is 16.0. The Morgan fingerprint density at radius 2 is 1.85 bits per heavy atom. The van der Waals surface area contributed by atoms with Crippen molar-refractivity contribution in [1.29, 1.82) is 5.41 Å². The van der Waals surface area contributed by atoms with E-state index in [4.69, 9.17) is 19.6 Å². The minimum absolute atomic E-state index is 0.00245. The monoisotopic (exact) mass is 388 g/mol. The maximum atomic E-state index is 12.5. The molecule has 0 spiro atoms. The molecule has 2 aliphatic heterocycles. The summed E-state index contributed by atoms with van der Waals surface area (Å²) in [5, 5.41) is 15.5. The summed E-state index contributed by atoms with van der Waals surface area (Å²) in [7, 11) is 4.56. The predicted octanol–water partition coefficient (Wildman–Crippen LogP) is 3.13. The Bertz CT molecular complexity index is 866. The van der Waals surface area contributed by atoms with Crippen LogP contribution in [-0.2, 0) is 4.79 Å². The van der Waals surface area contributed by atoms with Crippen LogP contribution < -0.4 is 14.2 Å². The molecule has 0 bridgehead atoms. The molecule has 0 atom stereocenters. The lowest BCUT2D eigenvalue weighted by Crippen LogP contribution is -2.35. The number of hydrogen-bond acceptors (Lipinski definition) is 7. The van der Waals surface area contributed by atoms with Crippen molar-refractivity contribution < 1.29 is 19.0 Å². The summed E-state index contributed by atoms with van der Waals surface area (Å²) in [5.41, 5.74) is 0.774. The van der Waals surface area contributed by atoms with E-state index in [0.717, 1.165) is 17.9 Å². The number of aliphatic imine (C=N–C) groups is 1. The van der Waals surface area contributed by atoms with Crippen molar-refractivity contribution in [3.63, 3.8) is 0 Å². The highest BCUT2D eigenvalue weighted by molar-refractivity contribution is 8.26. The molecule has 9 heteroatoms. The number of hydrogen-bond donors (Lipinski definition) is 1. The highest BCUT2D eigenvalue weighted by Gasteiger charge is 2.35. The number of carbonyl (C=O) groups is 1. The molecule has 0 radical (unpaired) electrons. The topological polar surface area (TPSA) is 96.6 Å². The van der Waals surface area contributed by atoms with E-state index in [2.05, 4.69) is 17.0 Å². The number of nitrogens with zero attached hydrogens (tertiary/aromatic N) is 3. The number of hydrazone groups is 1. The molecule has 0 aromatic heterocycles. The maximum absolute atomic E-state index is 12.5. The van der Waals surface area contributed by atoms with E-state index in [0.29, 0.717) is 28.0 Å². The number of fused-ring (bicyclic) bond motifs is 1. The van der Waals surface area contributed by atoms with Crippen molar-refractivity contribution in [2.75, 3.05) is 21.3 Å². The predicted molar refractivity (Wildman–Crippen MR) is 106 cm³/mol. The number of amidine groups is 2. The van der Waals surface area contributed by atoms with Crippen LogP contribution in [0.15, 0.2) is 27.8 Å². The number of nitrogens with one attached hydrogen (secondary N) is 1. The van der Waals surface area contributed by atoms with Gasteiger partial charge in [0.1, 0.15) is 5.04 Å². The summed E-state index contributed by atoms with van der Waals surface area (Å²) in [5.74, 6) is 0.903. The van der Waals surface area contributed by atoms with Crippen LogP contribution in [0.25, 0.3) is 6.08 Å². The van der Waals surface area contributed by atoms with Crippen LogP contribution in [0, 0.1) is 5.41 Å². The summed E-state index contributed by atoms with van der Waals surface area (Å²) in [6.45, 7) is 2.05. The lowest BCUT2D eigenvalue weighted by molar-refractivity contribution is -0.114. The van der Waals surface area contributed by atoms with E-state index >= 15 is 0 Å². The largest absolute Gasteiger partial charge is 0.493 e. The van der Waals surface area contributed by atoms with Crippen LogP contribution in [0.4, 0.5) is 0 Å². The normalized spacial score (nSPS) is 17.6. The first-order chi connectivity index (χ1) is 13.0. The van der Waals surface area contributed by atoms with Gasteiger partial charge in [0.25, 0.3) is 5.91 Å². The quantitative estimate of drug-likeness (QED) is 0.752. The second-order valence-corrected chi connectivity index (χ2v) is 6.76. The highest BCUT2D eigenvalue weighted by atomic mass is 32.2. The van der Waals surface area contributed by atoms with Crippen LogP contribution >= 0.6 is 11.8 Å². The molecule has 0 fully saturated rings. The molecule has 1 N–H and O–H groups in total. The Balaban J connectivity index is 2.01. The minimum Gasteiger partial charge on any atom is -0.493 e. The standard InChI is InChI=1S/C18H20N4O4S/c1-5-6-14-21-22-16(19)11(17(23)20-18(22)27-14)7-10-8-12(24-2)15(26-4)13(9-10)25-3/h7-9,19H,5-6H2,1-4H3/b11-7+,19-16?. The zero-order valence-electron chi connectivity index (χ0n) is 15.5. The molecule has 1 aromatic rings. The van der Waals surface area contributed by atoms with Gasteiger partial charge in [-0.25, -0.2) is 0 Å². The lowest BCUT2D eigenvalue weighted by Gasteiger charge is -2.20. The number of rotatable bonds is 6. The number of ether oxygens (including phenoxy) is 3.